The third kappa shape index (κ3) is 3.06. The van der Waals surface area contributed by atoms with E-state index < -0.39 is 5.91 Å². The van der Waals surface area contributed by atoms with Crippen molar-refractivity contribution < 1.29 is 4.79 Å². The summed E-state index contributed by atoms with van der Waals surface area (Å²) in [6.45, 7) is 0.770. The van der Waals surface area contributed by atoms with Gasteiger partial charge in [-0.05, 0) is 37.9 Å². The van der Waals surface area contributed by atoms with Crippen molar-refractivity contribution in [2.75, 3.05) is 14.1 Å². The van der Waals surface area contributed by atoms with E-state index >= 15 is 0 Å². The molecule has 0 fully saturated rings. The van der Waals surface area contributed by atoms with E-state index in [1.807, 2.05) is 44.6 Å². The fraction of sp³-hybridized carbons (Fsp3) is 0.176. The summed E-state index contributed by atoms with van der Waals surface area (Å²) in [6.07, 6.45) is 1.86. The van der Waals surface area contributed by atoms with E-state index in [9.17, 15) is 4.79 Å². The molecule has 0 radical (unpaired) electrons. The molecule has 0 unspecified atom stereocenters. The van der Waals surface area contributed by atoms with Crippen LogP contribution < -0.4 is 5.73 Å². The maximum atomic E-state index is 11.5. The molecule has 0 aliphatic heterocycles. The molecule has 1 amide bonds. The Kier molecular flexibility index (Phi) is 4.07. The Morgan fingerprint density at radius 3 is 2.74 bits per heavy atom. The van der Waals surface area contributed by atoms with E-state index in [4.69, 9.17) is 17.3 Å². The van der Waals surface area contributed by atoms with E-state index in [0.29, 0.717) is 16.1 Å². The lowest BCUT2D eigenvalue weighted by atomic mass is 10.1. The van der Waals surface area contributed by atoms with Gasteiger partial charge in [-0.2, -0.15) is 5.10 Å². The van der Waals surface area contributed by atoms with Gasteiger partial charge in [0.15, 0.2) is 0 Å². The smallest absolute Gasteiger partial charge is 0.250 e. The Labute approximate surface area is 139 Å². The monoisotopic (exact) mass is 328 g/mol. The van der Waals surface area contributed by atoms with E-state index in [2.05, 4.69) is 10.00 Å². The molecule has 0 bridgehead atoms. The molecule has 0 saturated carbocycles. The lowest BCUT2D eigenvalue weighted by molar-refractivity contribution is 0.100. The van der Waals surface area contributed by atoms with Gasteiger partial charge < -0.3 is 10.6 Å². The van der Waals surface area contributed by atoms with Crippen molar-refractivity contribution >= 4 is 28.4 Å². The summed E-state index contributed by atoms with van der Waals surface area (Å²) in [5.74, 6) is -0.486. The molecule has 3 rings (SSSR count). The van der Waals surface area contributed by atoms with Crippen LogP contribution in [0.5, 0.6) is 0 Å². The highest BCUT2D eigenvalue weighted by Crippen LogP contribution is 2.23. The minimum atomic E-state index is -0.486. The SMILES string of the molecule is CN(C)Cc1ccc(-n2cc3cccc(C(N)=O)c3n2)cc1Cl. The van der Waals surface area contributed by atoms with Gasteiger partial charge in [-0.3, -0.25) is 4.79 Å². The number of nitrogens with zero attached hydrogens (tertiary/aromatic N) is 3. The zero-order valence-corrected chi connectivity index (χ0v) is 13.7. The number of aromatic nitrogens is 2. The highest BCUT2D eigenvalue weighted by molar-refractivity contribution is 6.31. The molecule has 0 atom stereocenters. The molecule has 3 aromatic rings. The summed E-state index contributed by atoms with van der Waals surface area (Å²) in [6, 6.07) is 11.2. The molecule has 1 heterocycles. The number of nitrogens with two attached hydrogens (primary N) is 1. The third-order valence-corrected chi connectivity index (χ3v) is 3.94. The van der Waals surface area contributed by atoms with Gasteiger partial charge in [0.25, 0.3) is 5.91 Å². The number of fused-ring (bicyclic) bond motifs is 1. The molecular formula is C17H17ClN4O. The number of halogens is 1. The van der Waals surface area contributed by atoms with Crippen LogP contribution in [0.15, 0.2) is 42.6 Å². The molecule has 118 valence electrons. The number of rotatable bonds is 4. The van der Waals surface area contributed by atoms with Gasteiger partial charge in [0, 0.05) is 23.2 Å². The zero-order valence-electron chi connectivity index (χ0n) is 13.0. The first kappa shape index (κ1) is 15.5. The second-order valence-corrected chi connectivity index (χ2v) is 6.10. The number of carbonyl (C=O) groups excluding carboxylic acids is 1. The van der Waals surface area contributed by atoms with Crippen molar-refractivity contribution in [3.8, 4) is 5.69 Å². The molecule has 23 heavy (non-hydrogen) atoms. The van der Waals surface area contributed by atoms with Gasteiger partial charge in [0.1, 0.15) is 5.52 Å². The van der Waals surface area contributed by atoms with Crippen molar-refractivity contribution in [3.05, 3.63) is 58.7 Å². The minimum Gasteiger partial charge on any atom is -0.366 e. The summed E-state index contributed by atoms with van der Waals surface area (Å²) in [7, 11) is 3.99. The topological polar surface area (TPSA) is 64.2 Å². The van der Waals surface area contributed by atoms with E-state index in [0.717, 1.165) is 23.2 Å². The fourth-order valence-electron chi connectivity index (χ4n) is 2.52. The number of amides is 1. The average molecular weight is 329 g/mol. The van der Waals surface area contributed by atoms with Crippen molar-refractivity contribution in [2.24, 2.45) is 5.73 Å². The van der Waals surface area contributed by atoms with E-state index in [1.54, 1.807) is 16.8 Å². The predicted octanol–water partition coefficient (Wildman–Crippen LogP) is 2.84. The summed E-state index contributed by atoms with van der Waals surface area (Å²) < 4.78 is 1.71. The number of hydrogen-bond donors (Lipinski definition) is 1. The Morgan fingerprint density at radius 2 is 2.09 bits per heavy atom. The van der Waals surface area contributed by atoms with Crippen LogP contribution >= 0.6 is 11.6 Å². The van der Waals surface area contributed by atoms with Crippen LogP contribution in [0.1, 0.15) is 15.9 Å². The van der Waals surface area contributed by atoms with Gasteiger partial charge >= 0.3 is 0 Å². The summed E-state index contributed by atoms with van der Waals surface area (Å²) in [5.41, 5.74) is 8.30. The van der Waals surface area contributed by atoms with E-state index in [1.165, 1.54) is 0 Å². The van der Waals surface area contributed by atoms with Crippen molar-refractivity contribution in [2.45, 2.75) is 6.54 Å². The molecule has 2 N–H and O–H groups in total. The van der Waals surface area contributed by atoms with Crippen molar-refractivity contribution in [3.63, 3.8) is 0 Å². The maximum Gasteiger partial charge on any atom is 0.250 e. The van der Waals surface area contributed by atoms with Crippen molar-refractivity contribution in [1.82, 2.24) is 14.7 Å². The van der Waals surface area contributed by atoms with Gasteiger partial charge in [-0.1, -0.05) is 29.8 Å². The van der Waals surface area contributed by atoms with Crippen LogP contribution in [0.25, 0.3) is 16.6 Å². The maximum absolute atomic E-state index is 11.5. The van der Waals surface area contributed by atoms with Crippen LogP contribution in [0.3, 0.4) is 0 Å². The predicted molar refractivity (Wildman–Crippen MR) is 92.0 cm³/mol. The second kappa shape index (κ2) is 6.02. The molecule has 6 heteroatoms. The highest BCUT2D eigenvalue weighted by Gasteiger charge is 2.12. The molecule has 2 aromatic carbocycles. The number of benzene rings is 2. The first-order valence-electron chi connectivity index (χ1n) is 7.17. The lowest BCUT2D eigenvalue weighted by Gasteiger charge is -2.12. The average Bonchev–Trinajstić information content (AvgIpc) is 2.92. The van der Waals surface area contributed by atoms with Crippen LogP contribution in [-0.2, 0) is 6.54 Å². The standard InChI is InChI=1S/C17H17ClN4O/c1-21(2)9-11-6-7-13(8-15(11)18)22-10-12-4-3-5-14(17(19)23)16(12)20-22/h3-8,10H,9H2,1-2H3,(H2,19,23). The number of primary amides is 1. The van der Waals surface area contributed by atoms with Crippen LogP contribution in [-0.4, -0.2) is 34.7 Å². The highest BCUT2D eigenvalue weighted by atomic mass is 35.5. The minimum absolute atomic E-state index is 0.413. The number of hydrogen-bond acceptors (Lipinski definition) is 3. The molecule has 0 aliphatic rings. The second-order valence-electron chi connectivity index (χ2n) is 5.69. The quantitative estimate of drug-likeness (QED) is 0.801. The molecule has 5 nitrogen and oxygen atoms in total. The number of carbonyl (C=O) groups is 1. The Hall–Kier alpha value is -2.37. The van der Waals surface area contributed by atoms with Crippen LogP contribution in [0, 0.1) is 0 Å². The lowest BCUT2D eigenvalue weighted by Crippen LogP contribution is -2.11. The molecule has 0 spiro atoms. The molecule has 0 saturated heterocycles. The first-order valence-corrected chi connectivity index (χ1v) is 7.55. The fourth-order valence-corrected chi connectivity index (χ4v) is 2.76. The largest absolute Gasteiger partial charge is 0.366 e. The van der Waals surface area contributed by atoms with Gasteiger partial charge in [-0.25, -0.2) is 4.68 Å². The van der Waals surface area contributed by atoms with E-state index in [-0.39, 0.29) is 0 Å². The van der Waals surface area contributed by atoms with Crippen LogP contribution in [0.4, 0.5) is 0 Å². The van der Waals surface area contributed by atoms with Gasteiger partial charge in [0.05, 0.1) is 11.3 Å². The van der Waals surface area contributed by atoms with Crippen molar-refractivity contribution in [1.29, 1.82) is 0 Å². The normalized spacial score (nSPS) is 11.3. The Bertz CT molecular complexity index is 885. The molecule has 0 aliphatic carbocycles. The Morgan fingerprint density at radius 1 is 1.30 bits per heavy atom. The molecular weight excluding hydrogens is 312 g/mol. The summed E-state index contributed by atoms with van der Waals surface area (Å²) >= 11 is 6.36. The van der Waals surface area contributed by atoms with Gasteiger partial charge in [0.2, 0.25) is 0 Å². The molecule has 1 aromatic heterocycles. The summed E-state index contributed by atoms with van der Waals surface area (Å²) in [4.78, 5) is 13.6. The summed E-state index contributed by atoms with van der Waals surface area (Å²) in [5, 5.41) is 6.02. The zero-order chi connectivity index (χ0) is 16.6. The third-order valence-electron chi connectivity index (χ3n) is 3.59. The first-order chi connectivity index (χ1) is 11.0. The Balaban J connectivity index is 2.05. The van der Waals surface area contributed by atoms with Crippen LogP contribution in [0.2, 0.25) is 5.02 Å². The van der Waals surface area contributed by atoms with Gasteiger partial charge in [-0.15, -0.1) is 0 Å².